The van der Waals surface area contributed by atoms with Crippen molar-refractivity contribution in [2.45, 2.75) is 31.6 Å². The molecule has 0 amide bonds. The molecule has 0 aliphatic heterocycles. The third-order valence-electron chi connectivity index (χ3n) is 2.92. The first kappa shape index (κ1) is 9.79. The maximum atomic E-state index is 6.37. The van der Waals surface area contributed by atoms with Crippen molar-refractivity contribution in [2.75, 3.05) is 0 Å². The lowest BCUT2D eigenvalue weighted by Gasteiger charge is -2.12. The van der Waals surface area contributed by atoms with Crippen LogP contribution in [0, 0.1) is 0 Å². The highest BCUT2D eigenvalue weighted by molar-refractivity contribution is 6.32. The van der Waals surface area contributed by atoms with Gasteiger partial charge in [-0.15, -0.1) is 6.58 Å². The van der Waals surface area contributed by atoms with Gasteiger partial charge in [0.1, 0.15) is 0 Å². The second-order valence-corrected chi connectivity index (χ2v) is 4.43. The average molecular weight is 207 g/mol. The lowest BCUT2D eigenvalue weighted by molar-refractivity contribution is 0.960. The first-order valence-corrected chi connectivity index (χ1v) is 5.52. The fourth-order valence-corrected chi connectivity index (χ4v) is 2.21. The summed E-state index contributed by atoms with van der Waals surface area (Å²) in [5.41, 5.74) is 2.55. The molecule has 0 aromatic heterocycles. The molecule has 1 heteroatoms. The van der Waals surface area contributed by atoms with Crippen LogP contribution in [0.15, 0.2) is 30.9 Å². The van der Waals surface area contributed by atoms with Crippen LogP contribution in [0.3, 0.4) is 0 Å². The molecular formula is C13H15Cl. The zero-order valence-electron chi connectivity index (χ0n) is 8.46. The van der Waals surface area contributed by atoms with Gasteiger partial charge in [-0.05, 0) is 29.9 Å². The van der Waals surface area contributed by atoms with Crippen LogP contribution in [-0.2, 0) is 0 Å². The number of allylic oxidation sites excluding steroid dienone is 1. The Bertz CT molecular complexity index is 350. The summed E-state index contributed by atoms with van der Waals surface area (Å²) in [7, 11) is 0. The minimum Gasteiger partial charge on any atom is -0.102 e. The SMILES string of the molecule is C=CC(C)c1cccc(C2CC2)c1Cl. The van der Waals surface area contributed by atoms with Gasteiger partial charge >= 0.3 is 0 Å². The monoisotopic (exact) mass is 206 g/mol. The molecule has 74 valence electrons. The standard InChI is InChI=1S/C13H15Cl/c1-3-9(2)11-5-4-6-12(13(11)14)10-7-8-10/h3-6,9-10H,1,7-8H2,2H3. The van der Waals surface area contributed by atoms with E-state index in [1.54, 1.807) is 0 Å². The molecule has 1 atom stereocenters. The summed E-state index contributed by atoms with van der Waals surface area (Å²) in [4.78, 5) is 0. The van der Waals surface area contributed by atoms with Crippen LogP contribution < -0.4 is 0 Å². The van der Waals surface area contributed by atoms with Crippen LogP contribution in [0.5, 0.6) is 0 Å². The topological polar surface area (TPSA) is 0 Å². The summed E-state index contributed by atoms with van der Waals surface area (Å²) in [6.45, 7) is 5.94. The zero-order chi connectivity index (χ0) is 10.1. The molecule has 1 aromatic rings. The van der Waals surface area contributed by atoms with Crippen molar-refractivity contribution in [3.8, 4) is 0 Å². The first-order valence-electron chi connectivity index (χ1n) is 5.15. The van der Waals surface area contributed by atoms with Gasteiger partial charge in [0.05, 0.1) is 0 Å². The molecule has 0 nitrogen and oxygen atoms in total. The second-order valence-electron chi connectivity index (χ2n) is 4.05. The molecule has 1 aliphatic carbocycles. The van der Waals surface area contributed by atoms with Crippen molar-refractivity contribution in [1.82, 2.24) is 0 Å². The van der Waals surface area contributed by atoms with Crippen molar-refractivity contribution in [3.63, 3.8) is 0 Å². The lowest BCUT2D eigenvalue weighted by Crippen LogP contribution is -1.93. The Labute approximate surface area is 90.6 Å². The van der Waals surface area contributed by atoms with E-state index in [0.29, 0.717) is 5.92 Å². The summed E-state index contributed by atoms with van der Waals surface area (Å²) in [6.07, 6.45) is 4.54. The summed E-state index contributed by atoms with van der Waals surface area (Å²) in [5.74, 6) is 1.07. The molecule has 1 fully saturated rings. The van der Waals surface area contributed by atoms with Gasteiger partial charge in [-0.2, -0.15) is 0 Å². The second kappa shape index (κ2) is 3.78. The Morgan fingerprint density at radius 1 is 1.50 bits per heavy atom. The van der Waals surface area contributed by atoms with Crippen molar-refractivity contribution in [1.29, 1.82) is 0 Å². The summed E-state index contributed by atoms with van der Waals surface area (Å²) in [6, 6.07) is 6.36. The van der Waals surface area contributed by atoms with Crippen molar-refractivity contribution in [3.05, 3.63) is 47.0 Å². The third kappa shape index (κ3) is 1.72. The van der Waals surface area contributed by atoms with Gasteiger partial charge < -0.3 is 0 Å². The molecule has 0 bridgehead atoms. The number of benzene rings is 1. The minimum atomic E-state index is 0.348. The molecule has 1 aliphatic rings. The summed E-state index contributed by atoms with van der Waals surface area (Å²) < 4.78 is 0. The predicted octanol–water partition coefficient (Wildman–Crippen LogP) is 4.51. The number of halogens is 1. The highest BCUT2D eigenvalue weighted by Crippen LogP contribution is 2.44. The van der Waals surface area contributed by atoms with Crippen molar-refractivity contribution in [2.24, 2.45) is 0 Å². The van der Waals surface area contributed by atoms with Crippen LogP contribution in [0.2, 0.25) is 5.02 Å². The zero-order valence-corrected chi connectivity index (χ0v) is 9.22. The van der Waals surface area contributed by atoms with E-state index in [1.165, 1.54) is 24.0 Å². The summed E-state index contributed by atoms with van der Waals surface area (Å²) in [5, 5.41) is 0.961. The quantitative estimate of drug-likeness (QED) is 0.639. The van der Waals surface area contributed by atoms with Crippen LogP contribution >= 0.6 is 11.6 Å². The first-order chi connectivity index (χ1) is 6.74. The molecule has 1 aromatic carbocycles. The molecule has 2 rings (SSSR count). The maximum Gasteiger partial charge on any atom is 0.0478 e. The fourth-order valence-electron chi connectivity index (χ4n) is 1.76. The Balaban J connectivity index is 2.40. The normalized spacial score (nSPS) is 17.9. The molecule has 14 heavy (non-hydrogen) atoms. The Morgan fingerprint density at radius 3 is 2.79 bits per heavy atom. The van der Waals surface area contributed by atoms with E-state index in [-0.39, 0.29) is 0 Å². The highest BCUT2D eigenvalue weighted by atomic mass is 35.5. The van der Waals surface area contributed by atoms with E-state index >= 15 is 0 Å². The maximum absolute atomic E-state index is 6.37. The van der Waals surface area contributed by atoms with Gasteiger partial charge in [0.2, 0.25) is 0 Å². The number of rotatable bonds is 3. The highest BCUT2D eigenvalue weighted by Gasteiger charge is 2.26. The molecule has 1 unspecified atom stereocenters. The van der Waals surface area contributed by atoms with Gasteiger partial charge in [0.15, 0.2) is 0 Å². The molecule has 0 heterocycles. The van der Waals surface area contributed by atoms with Gasteiger partial charge in [0.25, 0.3) is 0 Å². The smallest absolute Gasteiger partial charge is 0.0478 e. The minimum absolute atomic E-state index is 0.348. The van der Waals surface area contributed by atoms with E-state index in [1.807, 2.05) is 6.08 Å². The molecular weight excluding hydrogens is 192 g/mol. The van der Waals surface area contributed by atoms with Gasteiger partial charge in [-0.3, -0.25) is 0 Å². The van der Waals surface area contributed by atoms with Crippen LogP contribution in [0.4, 0.5) is 0 Å². The third-order valence-corrected chi connectivity index (χ3v) is 3.36. The van der Waals surface area contributed by atoms with Crippen LogP contribution in [0.1, 0.15) is 42.7 Å². The lowest BCUT2D eigenvalue weighted by atomic mass is 9.97. The summed E-state index contributed by atoms with van der Waals surface area (Å²) >= 11 is 6.37. The van der Waals surface area contributed by atoms with E-state index < -0.39 is 0 Å². The Kier molecular flexibility index (Phi) is 2.64. The van der Waals surface area contributed by atoms with Crippen LogP contribution in [0.25, 0.3) is 0 Å². The Morgan fingerprint density at radius 2 is 2.21 bits per heavy atom. The predicted molar refractivity (Wildman–Crippen MR) is 62.0 cm³/mol. The Hall–Kier alpha value is -0.750. The molecule has 1 saturated carbocycles. The molecule has 0 N–H and O–H groups in total. The van der Waals surface area contributed by atoms with Crippen molar-refractivity contribution < 1.29 is 0 Å². The van der Waals surface area contributed by atoms with E-state index in [9.17, 15) is 0 Å². The van der Waals surface area contributed by atoms with Gasteiger partial charge in [0, 0.05) is 10.9 Å². The van der Waals surface area contributed by atoms with E-state index in [0.717, 1.165) is 10.9 Å². The van der Waals surface area contributed by atoms with Crippen molar-refractivity contribution >= 4 is 11.6 Å². The molecule has 0 radical (unpaired) electrons. The fraction of sp³-hybridized carbons (Fsp3) is 0.385. The van der Waals surface area contributed by atoms with E-state index in [4.69, 9.17) is 11.6 Å². The van der Waals surface area contributed by atoms with Gasteiger partial charge in [-0.1, -0.05) is 42.8 Å². The molecule has 0 spiro atoms. The molecule has 0 saturated heterocycles. The van der Waals surface area contributed by atoms with Crippen LogP contribution in [-0.4, -0.2) is 0 Å². The average Bonchev–Trinajstić information content (AvgIpc) is 3.01. The largest absolute Gasteiger partial charge is 0.102 e. The van der Waals surface area contributed by atoms with E-state index in [2.05, 4.69) is 31.7 Å². The van der Waals surface area contributed by atoms with Gasteiger partial charge in [-0.25, -0.2) is 0 Å². The number of hydrogen-bond acceptors (Lipinski definition) is 0. The number of hydrogen-bond donors (Lipinski definition) is 0.